The van der Waals surface area contributed by atoms with Gasteiger partial charge in [0.2, 0.25) is 5.91 Å². The van der Waals surface area contributed by atoms with Crippen molar-refractivity contribution in [2.75, 3.05) is 13.7 Å². The molecule has 5 heteroatoms. The third-order valence-corrected chi connectivity index (χ3v) is 2.43. The molecule has 0 fully saturated rings. The highest BCUT2D eigenvalue weighted by Crippen LogP contribution is 2.25. The summed E-state index contributed by atoms with van der Waals surface area (Å²) in [6, 6.07) is 7.34. The Bertz CT molecular complexity index is 509. The van der Waals surface area contributed by atoms with Crippen LogP contribution in [0.25, 0.3) is 0 Å². The van der Waals surface area contributed by atoms with Gasteiger partial charge in [-0.15, -0.1) is 0 Å². The molecule has 0 radical (unpaired) electrons. The van der Waals surface area contributed by atoms with Gasteiger partial charge in [-0.2, -0.15) is 0 Å². The van der Waals surface area contributed by atoms with E-state index in [0.717, 1.165) is 0 Å². The molecule has 94 valence electrons. The molecule has 0 saturated heterocycles. The molecule has 0 aliphatic heterocycles. The molecule has 18 heavy (non-hydrogen) atoms. The lowest BCUT2D eigenvalue weighted by Gasteiger charge is -2.09. The Morgan fingerprint density at radius 2 is 2.11 bits per heavy atom. The number of nitrogens with zero attached hydrogens (tertiary/aromatic N) is 2. The van der Waals surface area contributed by atoms with Crippen LogP contribution >= 0.6 is 0 Å². The first-order valence-corrected chi connectivity index (χ1v) is 5.58. The Labute approximate surface area is 105 Å². The standard InChI is InChI=1S/C13H14N2O3/c1-17-11-4-2-3-5-12(11)18-9-6-13(16)15-8-7-14-10-15/h2-5,7-8,10H,6,9H2,1H3. The molecule has 0 atom stereocenters. The number of methoxy groups -OCH3 is 1. The van der Waals surface area contributed by atoms with Crippen LogP contribution in [0.1, 0.15) is 11.2 Å². The van der Waals surface area contributed by atoms with Crippen LogP contribution in [0.5, 0.6) is 11.5 Å². The molecule has 5 nitrogen and oxygen atoms in total. The Morgan fingerprint density at radius 3 is 2.78 bits per heavy atom. The zero-order valence-corrected chi connectivity index (χ0v) is 10.1. The molecule has 0 aliphatic carbocycles. The Balaban J connectivity index is 1.87. The minimum absolute atomic E-state index is 0.0533. The van der Waals surface area contributed by atoms with Crippen LogP contribution in [0.15, 0.2) is 43.0 Å². The van der Waals surface area contributed by atoms with Crippen LogP contribution < -0.4 is 9.47 Å². The van der Waals surface area contributed by atoms with E-state index in [4.69, 9.17) is 9.47 Å². The maximum atomic E-state index is 11.7. The maximum Gasteiger partial charge on any atom is 0.235 e. The van der Waals surface area contributed by atoms with Crippen LogP contribution in [0.3, 0.4) is 0 Å². The second kappa shape index (κ2) is 5.86. The van der Waals surface area contributed by atoms with Gasteiger partial charge in [-0.3, -0.25) is 9.36 Å². The van der Waals surface area contributed by atoms with Crippen molar-refractivity contribution >= 4 is 5.91 Å². The summed E-state index contributed by atoms with van der Waals surface area (Å²) in [5.41, 5.74) is 0. The zero-order valence-electron chi connectivity index (χ0n) is 10.1. The molecule has 0 saturated carbocycles. The predicted molar refractivity (Wildman–Crippen MR) is 66.0 cm³/mol. The van der Waals surface area contributed by atoms with E-state index in [1.807, 2.05) is 18.2 Å². The van der Waals surface area contributed by atoms with Crippen molar-refractivity contribution in [2.24, 2.45) is 0 Å². The van der Waals surface area contributed by atoms with Gasteiger partial charge in [-0.25, -0.2) is 4.98 Å². The fourth-order valence-corrected chi connectivity index (χ4v) is 1.52. The van der Waals surface area contributed by atoms with Crippen molar-refractivity contribution in [3.05, 3.63) is 43.0 Å². The lowest BCUT2D eigenvalue weighted by atomic mass is 10.3. The van der Waals surface area contributed by atoms with E-state index in [1.165, 1.54) is 10.9 Å². The average Bonchev–Trinajstić information content (AvgIpc) is 2.93. The Kier molecular flexibility index (Phi) is 3.96. The second-order valence-corrected chi connectivity index (χ2v) is 3.61. The topological polar surface area (TPSA) is 53.4 Å². The van der Waals surface area contributed by atoms with Crippen LogP contribution in [0.4, 0.5) is 0 Å². The van der Waals surface area contributed by atoms with E-state index in [0.29, 0.717) is 18.1 Å². The van der Waals surface area contributed by atoms with Crippen molar-refractivity contribution in [1.82, 2.24) is 9.55 Å². The first-order chi connectivity index (χ1) is 8.81. The summed E-state index contributed by atoms with van der Waals surface area (Å²) in [7, 11) is 1.58. The summed E-state index contributed by atoms with van der Waals surface area (Å²) in [6.45, 7) is 0.303. The smallest absolute Gasteiger partial charge is 0.235 e. The van der Waals surface area contributed by atoms with E-state index in [-0.39, 0.29) is 12.3 Å². The molecule has 0 spiro atoms. The third kappa shape index (κ3) is 2.88. The number of hydrogen-bond acceptors (Lipinski definition) is 4. The summed E-state index contributed by atoms with van der Waals surface area (Å²) >= 11 is 0. The highest BCUT2D eigenvalue weighted by Gasteiger charge is 2.06. The largest absolute Gasteiger partial charge is 0.493 e. The van der Waals surface area contributed by atoms with Gasteiger partial charge in [-0.1, -0.05) is 12.1 Å². The Hall–Kier alpha value is -2.30. The van der Waals surface area contributed by atoms with Crippen LogP contribution in [0.2, 0.25) is 0 Å². The SMILES string of the molecule is COc1ccccc1OCCC(=O)n1ccnc1. The van der Waals surface area contributed by atoms with Gasteiger partial charge in [0.15, 0.2) is 11.5 Å². The fourth-order valence-electron chi connectivity index (χ4n) is 1.52. The molecule has 2 rings (SSSR count). The molecule has 0 aliphatic rings. The number of hydrogen-bond donors (Lipinski definition) is 0. The summed E-state index contributed by atoms with van der Waals surface area (Å²) in [5.74, 6) is 1.24. The van der Waals surface area contributed by atoms with E-state index in [2.05, 4.69) is 4.98 Å². The van der Waals surface area contributed by atoms with Gasteiger partial charge in [0.25, 0.3) is 0 Å². The summed E-state index contributed by atoms with van der Waals surface area (Å²) in [5, 5.41) is 0. The van der Waals surface area contributed by atoms with Crippen LogP contribution in [-0.2, 0) is 0 Å². The van der Waals surface area contributed by atoms with Gasteiger partial charge in [0, 0.05) is 12.4 Å². The first kappa shape index (κ1) is 12.2. The molecular weight excluding hydrogens is 232 g/mol. The van der Waals surface area contributed by atoms with E-state index < -0.39 is 0 Å². The fraction of sp³-hybridized carbons (Fsp3) is 0.231. The number of rotatable bonds is 5. The minimum Gasteiger partial charge on any atom is -0.493 e. The number of para-hydroxylation sites is 2. The van der Waals surface area contributed by atoms with Gasteiger partial charge >= 0.3 is 0 Å². The van der Waals surface area contributed by atoms with Crippen LogP contribution in [0, 0.1) is 0 Å². The number of carbonyl (C=O) groups is 1. The zero-order chi connectivity index (χ0) is 12.8. The lowest BCUT2D eigenvalue weighted by Crippen LogP contribution is -2.12. The molecule has 0 bridgehead atoms. The summed E-state index contributed by atoms with van der Waals surface area (Å²) in [6.07, 6.45) is 4.95. The van der Waals surface area contributed by atoms with Crippen molar-refractivity contribution in [2.45, 2.75) is 6.42 Å². The Morgan fingerprint density at radius 1 is 1.33 bits per heavy atom. The number of ether oxygens (including phenoxy) is 2. The number of carbonyl (C=O) groups excluding carboxylic acids is 1. The molecule has 1 aromatic heterocycles. The molecule has 0 amide bonds. The van der Waals surface area contributed by atoms with Crippen molar-refractivity contribution in [3.8, 4) is 11.5 Å². The summed E-state index contributed by atoms with van der Waals surface area (Å²) in [4.78, 5) is 15.5. The third-order valence-electron chi connectivity index (χ3n) is 2.43. The molecule has 2 aromatic rings. The van der Waals surface area contributed by atoms with Crippen molar-refractivity contribution in [1.29, 1.82) is 0 Å². The van der Waals surface area contributed by atoms with Crippen molar-refractivity contribution in [3.63, 3.8) is 0 Å². The van der Waals surface area contributed by atoms with Gasteiger partial charge < -0.3 is 9.47 Å². The van der Waals surface area contributed by atoms with Crippen molar-refractivity contribution < 1.29 is 14.3 Å². The van der Waals surface area contributed by atoms with E-state index in [9.17, 15) is 4.79 Å². The molecule has 1 aromatic carbocycles. The highest BCUT2D eigenvalue weighted by molar-refractivity contribution is 5.78. The normalized spacial score (nSPS) is 10.1. The predicted octanol–water partition coefficient (Wildman–Crippen LogP) is 2.00. The lowest BCUT2D eigenvalue weighted by molar-refractivity contribution is 0.0880. The second-order valence-electron chi connectivity index (χ2n) is 3.61. The van der Waals surface area contributed by atoms with E-state index >= 15 is 0 Å². The van der Waals surface area contributed by atoms with Gasteiger partial charge in [-0.05, 0) is 12.1 Å². The summed E-state index contributed by atoms with van der Waals surface area (Å²) < 4.78 is 12.1. The van der Waals surface area contributed by atoms with E-state index in [1.54, 1.807) is 25.6 Å². The highest BCUT2D eigenvalue weighted by atomic mass is 16.5. The molecule has 0 N–H and O–H groups in total. The molecular formula is C13H14N2O3. The minimum atomic E-state index is -0.0533. The number of imidazole rings is 1. The molecule has 0 unspecified atom stereocenters. The number of benzene rings is 1. The quantitative estimate of drug-likeness (QED) is 0.809. The van der Waals surface area contributed by atoms with Gasteiger partial charge in [0.05, 0.1) is 20.1 Å². The first-order valence-electron chi connectivity index (χ1n) is 5.58. The maximum absolute atomic E-state index is 11.7. The van der Waals surface area contributed by atoms with Crippen LogP contribution in [-0.4, -0.2) is 29.2 Å². The van der Waals surface area contributed by atoms with Gasteiger partial charge in [0.1, 0.15) is 6.33 Å². The number of aromatic nitrogens is 2. The molecule has 1 heterocycles. The average molecular weight is 246 g/mol. The monoisotopic (exact) mass is 246 g/mol.